The minimum Gasteiger partial charge on any atom is -0.381 e. The maximum atomic E-state index is 13.3. The SMILES string of the molecule is CCCn1cc(CNc2cc(Br)c(F)cc2C)cn1. The van der Waals surface area contributed by atoms with Gasteiger partial charge >= 0.3 is 0 Å². The molecule has 3 nitrogen and oxygen atoms in total. The van der Waals surface area contributed by atoms with Gasteiger partial charge in [0, 0.05) is 30.5 Å². The van der Waals surface area contributed by atoms with Crippen LogP contribution in [0.25, 0.3) is 0 Å². The molecule has 0 saturated heterocycles. The van der Waals surface area contributed by atoms with Crippen LogP contribution in [0.5, 0.6) is 0 Å². The Morgan fingerprint density at radius 2 is 2.21 bits per heavy atom. The maximum absolute atomic E-state index is 13.3. The molecule has 0 bridgehead atoms. The zero-order chi connectivity index (χ0) is 13.8. The van der Waals surface area contributed by atoms with Crippen molar-refractivity contribution in [3.63, 3.8) is 0 Å². The normalized spacial score (nSPS) is 10.7. The first-order valence-corrected chi connectivity index (χ1v) is 7.10. The van der Waals surface area contributed by atoms with Crippen LogP contribution in [-0.4, -0.2) is 9.78 Å². The number of rotatable bonds is 5. The van der Waals surface area contributed by atoms with Crippen LogP contribution in [-0.2, 0) is 13.1 Å². The molecule has 2 rings (SSSR count). The van der Waals surface area contributed by atoms with Gasteiger partial charge in [-0.05, 0) is 47.0 Å². The standard InChI is InChI=1S/C14H17BrFN3/c1-3-4-19-9-11(8-18-19)7-17-14-6-12(15)13(16)5-10(14)2/h5-6,8-9,17H,3-4,7H2,1-2H3. The quantitative estimate of drug-likeness (QED) is 0.896. The lowest BCUT2D eigenvalue weighted by atomic mass is 10.2. The summed E-state index contributed by atoms with van der Waals surface area (Å²) in [6.07, 6.45) is 4.96. The highest BCUT2D eigenvalue weighted by Crippen LogP contribution is 2.24. The van der Waals surface area contributed by atoms with Crippen molar-refractivity contribution in [2.24, 2.45) is 0 Å². The molecular weight excluding hydrogens is 309 g/mol. The van der Waals surface area contributed by atoms with E-state index >= 15 is 0 Å². The molecule has 102 valence electrons. The van der Waals surface area contributed by atoms with Crippen LogP contribution in [0.15, 0.2) is 29.0 Å². The third-order valence-corrected chi connectivity index (χ3v) is 3.50. The van der Waals surface area contributed by atoms with E-state index in [1.807, 2.05) is 24.0 Å². The molecule has 0 radical (unpaired) electrons. The summed E-state index contributed by atoms with van der Waals surface area (Å²) < 4.78 is 15.7. The number of aryl methyl sites for hydroxylation is 2. The zero-order valence-electron chi connectivity index (χ0n) is 11.1. The molecule has 0 aliphatic rings. The van der Waals surface area contributed by atoms with Gasteiger partial charge in [-0.1, -0.05) is 6.92 Å². The van der Waals surface area contributed by atoms with Crippen molar-refractivity contribution in [3.05, 3.63) is 45.9 Å². The lowest BCUT2D eigenvalue weighted by Gasteiger charge is -2.09. The van der Waals surface area contributed by atoms with Gasteiger partial charge in [0.1, 0.15) is 5.82 Å². The second-order valence-electron chi connectivity index (χ2n) is 4.55. The number of halogens is 2. The molecule has 0 spiro atoms. The van der Waals surface area contributed by atoms with E-state index in [2.05, 4.69) is 33.3 Å². The molecule has 0 unspecified atom stereocenters. The van der Waals surface area contributed by atoms with Crippen molar-refractivity contribution in [3.8, 4) is 0 Å². The van der Waals surface area contributed by atoms with Gasteiger partial charge in [-0.25, -0.2) is 4.39 Å². The second-order valence-corrected chi connectivity index (χ2v) is 5.40. The Morgan fingerprint density at radius 3 is 2.95 bits per heavy atom. The molecule has 0 atom stereocenters. The van der Waals surface area contributed by atoms with Crippen molar-refractivity contribution < 1.29 is 4.39 Å². The van der Waals surface area contributed by atoms with Crippen molar-refractivity contribution >= 4 is 21.6 Å². The first-order valence-electron chi connectivity index (χ1n) is 6.31. The summed E-state index contributed by atoms with van der Waals surface area (Å²) in [7, 11) is 0. The maximum Gasteiger partial charge on any atom is 0.137 e. The first-order chi connectivity index (χ1) is 9.10. The Morgan fingerprint density at radius 1 is 1.42 bits per heavy atom. The molecule has 1 heterocycles. The molecule has 1 N–H and O–H groups in total. The second kappa shape index (κ2) is 6.19. The largest absolute Gasteiger partial charge is 0.381 e. The Labute approximate surface area is 121 Å². The molecule has 1 aromatic carbocycles. The third kappa shape index (κ3) is 3.56. The van der Waals surface area contributed by atoms with Gasteiger partial charge in [-0.3, -0.25) is 4.68 Å². The fourth-order valence-corrected chi connectivity index (χ4v) is 2.23. The third-order valence-electron chi connectivity index (χ3n) is 2.89. The Bertz CT molecular complexity index is 566. The lowest BCUT2D eigenvalue weighted by molar-refractivity contribution is 0.602. The summed E-state index contributed by atoms with van der Waals surface area (Å²) in [5.74, 6) is -0.237. The van der Waals surface area contributed by atoms with E-state index < -0.39 is 0 Å². The fourth-order valence-electron chi connectivity index (χ4n) is 1.88. The molecule has 1 aromatic heterocycles. The summed E-state index contributed by atoms with van der Waals surface area (Å²) in [6.45, 7) is 5.63. The fraction of sp³-hybridized carbons (Fsp3) is 0.357. The molecular formula is C14H17BrFN3. The number of nitrogens with one attached hydrogen (secondary N) is 1. The minimum absolute atomic E-state index is 0.237. The van der Waals surface area contributed by atoms with E-state index in [0.717, 1.165) is 29.8 Å². The molecule has 0 aliphatic carbocycles. The first kappa shape index (κ1) is 14.1. The van der Waals surface area contributed by atoms with Gasteiger partial charge in [-0.15, -0.1) is 0 Å². The molecule has 19 heavy (non-hydrogen) atoms. The minimum atomic E-state index is -0.237. The van der Waals surface area contributed by atoms with Crippen LogP contribution in [0.4, 0.5) is 10.1 Å². The zero-order valence-corrected chi connectivity index (χ0v) is 12.7. The number of benzene rings is 1. The number of anilines is 1. The Balaban J connectivity index is 2.03. The number of nitrogens with zero attached hydrogens (tertiary/aromatic N) is 2. The Kier molecular flexibility index (Phi) is 4.58. The van der Waals surface area contributed by atoms with E-state index in [1.165, 1.54) is 6.07 Å². The van der Waals surface area contributed by atoms with Crippen LogP contribution in [0, 0.1) is 12.7 Å². The van der Waals surface area contributed by atoms with Crippen molar-refractivity contribution in [2.75, 3.05) is 5.32 Å². The van der Waals surface area contributed by atoms with Crippen molar-refractivity contribution in [1.82, 2.24) is 9.78 Å². The van der Waals surface area contributed by atoms with E-state index in [0.29, 0.717) is 11.0 Å². The van der Waals surface area contributed by atoms with E-state index in [9.17, 15) is 4.39 Å². The van der Waals surface area contributed by atoms with Crippen molar-refractivity contribution in [2.45, 2.75) is 33.4 Å². The highest BCUT2D eigenvalue weighted by atomic mass is 79.9. The highest BCUT2D eigenvalue weighted by Gasteiger charge is 2.05. The highest BCUT2D eigenvalue weighted by molar-refractivity contribution is 9.10. The van der Waals surface area contributed by atoms with E-state index in [-0.39, 0.29) is 5.82 Å². The molecule has 0 amide bonds. The monoisotopic (exact) mass is 325 g/mol. The average Bonchev–Trinajstić information content (AvgIpc) is 2.80. The smallest absolute Gasteiger partial charge is 0.137 e. The summed E-state index contributed by atoms with van der Waals surface area (Å²) >= 11 is 3.20. The number of hydrogen-bond acceptors (Lipinski definition) is 2. The lowest BCUT2D eigenvalue weighted by Crippen LogP contribution is -2.01. The van der Waals surface area contributed by atoms with E-state index in [1.54, 1.807) is 6.07 Å². The summed E-state index contributed by atoms with van der Waals surface area (Å²) in [6, 6.07) is 3.29. The topological polar surface area (TPSA) is 29.9 Å². The molecule has 0 fully saturated rings. The van der Waals surface area contributed by atoms with Crippen LogP contribution in [0.1, 0.15) is 24.5 Å². The van der Waals surface area contributed by atoms with Gasteiger partial charge in [0.15, 0.2) is 0 Å². The van der Waals surface area contributed by atoms with Crippen LogP contribution in [0.3, 0.4) is 0 Å². The van der Waals surface area contributed by atoms with Gasteiger partial charge < -0.3 is 5.32 Å². The van der Waals surface area contributed by atoms with E-state index in [4.69, 9.17) is 0 Å². The van der Waals surface area contributed by atoms with Crippen LogP contribution >= 0.6 is 15.9 Å². The van der Waals surface area contributed by atoms with Gasteiger partial charge in [-0.2, -0.15) is 5.10 Å². The predicted molar refractivity (Wildman–Crippen MR) is 78.7 cm³/mol. The number of aromatic nitrogens is 2. The van der Waals surface area contributed by atoms with Crippen LogP contribution in [0.2, 0.25) is 0 Å². The number of hydrogen-bond donors (Lipinski definition) is 1. The van der Waals surface area contributed by atoms with Gasteiger partial charge in [0.25, 0.3) is 0 Å². The summed E-state index contributed by atoms with van der Waals surface area (Å²) in [5, 5.41) is 7.58. The average molecular weight is 326 g/mol. The van der Waals surface area contributed by atoms with Gasteiger partial charge in [0.2, 0.25) is 0 Å². The summed E-state index contributed by atoms with van der Waals surface area (Å²) in [5.41, 5.74) is 2.94. The van der Waals surface area contributed by atoms with Crippen LogP contribution < -0.4 is 5.32 Å². The Hall–Kier alpha value is -1.36. The van der Waals surface area contributed by atoms with Gasteiger partial charge in [0.05, 0.1) is 10.7 Å². The predicted octanol–water partition coefficient (Wildman–Crippen LogP) is 4.12. The molecule has 0 aliphatic heterocycles. The molecule has 5 heteroatoms. The molecule has 2 aromatic rings. The molecule has 0 saturated carbocycles. The van der Waals surface area contributed by atoms with Crippen molar-refractivity contribution in [1.29, 1.82) is 0 Å². The summed E-state index contributed by atoms with van der Waals surface area (Å²) in [4.78, 5) is 0.